The molecule has 104 valence electrons. The zero-order valence-electron chi connectivity index (χ0n) is 10.7. The van der Waals surface area contributed by atoms with Crippen LogP contribution in [0.5, 0.6) is 0 Å². The lowest BCUT2D eigenvalue weighted by atomic mass is 10.1. The lowest BCUT2D eigenvalue weighted by Gasteiger charge is -2.05. The minimum absolute atomic E-state index is 0.108. The van der Waals surface area contributed by atoms with Gasteiger partial charge in [0.1, 0.15) is 0 Å². The fourth-order valence-electron chi connectivity index (χ4n) is 2.16. The zero-order chi connectivity index (χ0) is 15.0. The highest BCUT2D eigenvalue weighted by Crippen LogP contribution is 2.23. The first kappa shape index (κ1) is 13.3. The molecule has 5 nitrogen and oxygen atoms in total. The summed E-state index contributed by atoms with van der Waals surface area (Å²) in [6.45, 7) is 0. The summed E-state index contributed by atoms with van der Waals surface area (Å²) >= 11 is 5.94. The Morgan fingerprint density at radius 3 is 2.62 bits per heavy atom. The average Bonchev–Trinajstić information content (AvgIpc) is 2.46. The molecule has 1 N–H and O–H groups in total. The second-order valence-electron chi connectivity index (χ2n) is 4.54. The maximum Gasteiger partial charge on any atom is 0.270 e. The highest BCUT2D eigenvalue weighted by Gasteiger charge is 2.10. The first-order chi connectivity index (χ1) is 10.0. The summed E-state index contributed by atoms with van der Waals surface area (Å²) in [5.41, 5.74) is 1.55. The van der Waals surface area contributed by atoms with Crippen molar-refractivity contribution >= 4 is 28.2 Å². The largest absolute Gasteiger partial charge is 0.354 e. The van der Waals surface area contributed by atoms with Gasteiger partial charge in [-0.15, -0.1) is 0 Å². The van der Waals surface area contributed by atoms with Gasteiger partial charge in [-0.2, -0.15) is 0 Å². The van der Waals surface area contributed by atoms with Gasteiger partial charge in [0.15, 0.2) is 5.43 Å². The summed E-state index contributed by atoms with van der Waals surface area (Å²) < 4.78 is 0. The van der Waals surface area contributed by atoms with Crippen molar-refractivity contribution in [1.29, 1.82) is 0 Å². The van der Waals surface area contributed by atoms with Crippen molar-refractivity contribution in [3.63, 3.8) is 0 Å². The predicted octanol–water partition coefficient (Wildman–Crippen LogP) is 3.76. The SMILES string of the molecule is O=c1cc(-c2cccc(Cl)c2)[nH]c2ccc([N+](=O)[O-])cc12. The Kier molecular flexibility index (Phi) is 3.19. The molecular weight excluding hydrogens is 292 g/mol. The molecule has 3 rings (SSSR count). The van der Waals surface area contributed by atoms with E-state index in [1.165, 1.54) is 24.3 Å². The van der Waals surface area contributed by atoms with Crippen LogP contribution >= 0.6 is 11.6 Å². The number of non-ortho nitro benzene ring substituents is 1. The van der Waals surface area contributed by atoms with Crippen LogP contribution in [0, 0.1) is 10.1 Å². The minimum Gasteiger partial charge on any atom is -0.354 e. The van der Waals surface area contributed by atoms with Gasteiger partial charge in [0, 0.05) is 28.9 Å². The van der Waals surface area contributed by atoms with Crippen molar-refractivity contribution < 1.29 is 4.92 Å². The Balaban J connectivity index is 2.23. The summed E-state index contributed by atoms with van der Waals surface area (Å²) in [7, 11) is 0. The molecule has 0 amide bonds. The van der Waals surface area contributed by atoms with E-state index in [-0.39, 0.29) is 16.5 Å². The van der Waals surface area contributed by atoms with Gasteiger partial charge in [-0.05, 0) is 23.8 Å². The smallest absolute Gasteiger partial charge is 0.270 e. The first-order valence-electron chi connectivity index (χ1n) is 6.12. The van der Waals surface area contributed by atoms with E-state index in [2.05, 4.69) is 4.98 Å². The van der Waals surface area contributed by atoms with Crippen molar-refractivity contribution in [2.75, 3.05) is 0 Å². The number of nitro benzene ring substituents is 1. The van der Waals surface area contributed by atoms with Crippen LogP contribution in [0.2, 0.25) is 5.02 Å². The van der Waals surface area contributed by atoms with Crippen LogP contribution < -0.4 is 5.43 Å². The molecule has 0 radical (unpaired) electrons. The van der Waals surface area contributed by atoms with Crippen LogP contribution in [-0.4, -0.2) is 9.91 Å². The topological polar surface area (TPSA) is 76.0 Å². The fraction of sp³-hybridized carbons (Fsp3) is 0. The number of hydrogen-bond donors (Lipinski definition) is 1. The van der Waals surface area contributed by atoms with Gasteiger partial charge < -0.3 is 4.98 Å². The molecule has 0 aliphatic rings. The number of rotatable bonds is 2. The fourth-order valence-corrected chi connectivity index (χ4v) is 2.35. The van der Waals surface area contributed by atoms with E-state index in [1.54, 1.807) is 18.2 Å². The Hall–Kier alpha value is -2.66. The number of aromatic nitrogens is 1. The van der Waals surface area contributed by atoms with Gasteiger partial charge in [0.25, 0.3) is 5.69 Å². The lowest BCUT2D eigenvalue weighted by Crippen LogP contribution is -2.03. The molecule has 0 atom stereocenters. The van der Waals surface area contributed by atoms with E-state index in [0.717, 1.165) is 5.56 Å². The van der Waals surface area contributed by atoms with Crippen molar-refractivity contribution in [1.82, 2.24) is 4.98 Å². The summed E-state index contributed by atoms with van der Waals surface area (Å²) in [4.78, 5) is 25.5. The second-order valence-corrected chi connectivity index (χ2v) is 4.98. The minimum atomic E-state index is -0.524. The third kappa shape index (κ3) is 2.51. The number of nitro groups is 1. The molecule has 2 aromatic carbocycles. The van der Waals surface area contributed by atoms with E-state index < -0.39 is 4.92 Å². The molecule has 1 aromatic heterocycles. The summed E-state index contributed by atoms with van der Waals surface area (Å²) in [5.74, 6) is 0. The third-order valence-electron chi connectivity index (χ3n) is 3.16. The predicted molar refractivity (Wildman–Crippen MR) is 81.7 cm³/mol. The molecule has 0 aliphatic heterocycles. The van der Waals surface area contributed by atoms with Crippen molar-refractivity contribution in [2.45, 2.75) is 0 Å². The van der Waals surface area contributed by atoms with E-state index in [1.807, 2.05) is 6.07 Å². The summed E-state index contributed by atoms with van der Waals surface area (Å²) in [6, 6.07) is 12.7. The van der Waals surface area contributed by atoms with E-state index in [4.69, 9.17) is 11.6 Å². The highest BCUT2D eigenvalue weighted by molar-refractivity contribution is 6.30. The normalized spacial score (nSPS) is 10.7. The molecule has 6 heteroatoms. The van der Waals surface area contributed by atoms with Gasteiger partial charge in [-0.25, -0.2) is 0 Å². The number of nitrogens with zero attached hydrogens (tertiary/aromatic N) is 1. The Bertz CT molecular complexity index is 918. The molecule has 21 heavy (non-hydrogen) atoms. The monoisotopic (exact) mass is 300 g/mol. The summed E-state index contributed by atoms with van der Waals surface area (Å²) in [5, 5.41) is 11.6. The van der Waals surface area contributed by atoms with E-state index in [9.17, 15) is 14.9 Å². The van der Waals surface area contributed by atoms with Crippen molar-refractivity contribution in [3.05, 3.63) is 73.9 Å². The van der Waals surface area contributed by atoms with Crippen molar-refractivity contribution in [3.8, 4) is 11.3 Å². The maximum absolute atomic E-state index is 12.2. The molecule has 1 heterocycles. The lowest BCUT2D eigenvalue weighted by molar-refractivity contribution is -0.384. The zero-order valence-corrected chi connectivity index (χ0v) is 11.4. The van der Waals surface area contributed by atoms with E-state index >= 15 is 0 Å². The highest BCUT2D eigenvalue weighted by atomic mass is 35.5. The molecule has 0 bridgehead atoms. The first-order valence-corrected chi connectivity index (χ1v) is 6.50. The standard InChI is InChI=1S/C15H9ClN2O3/c16-10-3-1-2-9(6-10)14-8-15(19)12-7-11(18(20)21)4-5-13(12)17-14/h1-8H,(H,17,19). The van der Waals surface area contributed by atoms with Gasteiger partial charge in [-0.3, -0.25) is 14.9 Å². The van der Waals surface area contributed by atoms with Crippen molar-refractivity contribution in [2.24, 2.45) is 0 Å². The number of fused-ring (bicyclic) bond motifs is 1. The molecule has 0 unspecified atom stereocenters. The molecule has 0 aliphatic carbocycles. The van der Waals surface area contributed by atoms with Crippen LogP contribution in [0.15, 0.2) is 53.3 Å². The van der Waals surface area contributed by atoms with Crippen LogP contribution in [0.3, 0.4) is 0 Å². The Morgan fingerprint density at radius 1 is 1.10 bits per heavy atom. The molecule has 0 fully saturated rings. The van der Waals surface area contributed by atoms with Gasteiger partial charge >= 0.3 is 0 Å². The number of pyridine rings is 1. The number of aromatic amines is 1. The van der Waals surface area contributed by atoms with Crippen LogP contribution in [0.4, 0.5) is 5.69 Å². The van der Waals surface area contributed by atoms with Crippen LogP contribution in [-0.2, 0) is 0 Å². The number of H-pyrrole nitrogens is 1. The number of nitrogens with one attached hydrogen (secondary N) is 1. The number of halogens is 1. The molecule has 0 saturated heterocycles. The molecule has 3 aromatic rings. The second kappa shape index (κ2) is 5.03. The number of hydrogen-bond acceptors (Lipinski definition) is 3. The summed E-state index contributed by atoms with van der Waals surface area (Å²) in [6.07, 6.45) is 0. The molecular formula is C15H9ClN2O3. The van der Waals surface area contributed by atoms with Gasteiger partial charge in [-0.1, -0.05) is 23.7 Å². The maximum atomic E-state index is 12.2. The van der Waals surface area contributed by atoms with Crippen LogP contribution in [0.25, 0.3) is 22.2 Å². The van der Waals surface area contributed by atoms with E-state index in [0.29, 0.717) is 16.2 Å². The quantitative estimate of drug-likeness (QED) is 0.578. The Labute approximate surface area is 124 Å². The van der Waals surface area contributed by atoms with Gasteiger partial charge in [0.05, 0.1) is 15.8 Å². The van der Waals surface area contributed by atoms with Crippen LogP contribution in [0.1, 0.15) is 0 Å². The number of benzene rings is 2. The molecule has 0 saturated carbocycles. The Morgan fingerprint density at radius 2 is 1.90 bits per heavy atom. The third-order valence-corrected chi connectivity index (χ3v) is 3.39. The van der Waals surface area contributed by atoms with Gasteiger partial charge in [0.2, 0.25) is 0 Å². The average molecular weight is 301 g/mol. The molecule has 0 spiro atoms.